The molecular weight excluding hydrogens is 238 g/mol. The molecule has 1 amide bonds. The number of hydrazine groups is 1. The molecule has 2 aliphatic rings. The number of piperidine rings is 2. The summed E-state index contributed by atoms with van der Waals surface area (Å²) in [6.07, 6.45) is 6.72. The fourth-order valence-corrected chi connectivity index (χ4v) is 3.42. The fourth-order valence-electron chi connectivity index (χ4n) is 3.42. The molecule has 0 radical (unpaired) electrons. The quantitative estimate of drug-likeness (QED) is 0.822. The summed E-state index contributed by atoms with van der Waals surface area (Å²) in [6.45, 7) is 7.71. The van der Waals surface area contributed by atoms with Gasteiger partial charge in [-0.25, -0.2) is 5.01 Å². The number of nitrogens with zero attached hydrogens (tertiary/aromatic N) is 1. The summed E-state index contributed by atoms with van der Waals surface area (Å²) in [7, 11) is 0. The van der Waals surface area contributed by atoms with Gasteiger partial charge in [0.2, 0.25) is 5.91 Å². The van der Waals surface area contributed by atoms with Crippen LogP contribution in [0.5, 0.6) is 0 Å². The topological polar surface area (TPSA) is 44.4 Å². The minimum atomic E-state index is 0.173. The van der Waals surface area contributed by atoms with Crippen molar-refractivity contribution in [1.82, 2.24) is 15.8 Å². The highest BCUT2D eigenvalue weighted by molar-refractivity contribution is 5.76. The van der Waals surface area contributed by atoms with Crippen molar-refractivity contribution in [3.63, 3.8) is 0 Å². The van der Waals surface area contributed by atoms with E-state index in [1.54, 1.807) is 0 Å². The van der Waals surface area contributed by atoms with Crippen molar-refractivity contribution in [3.8, 4) is 0 Å². The minimum Gasteiger partial charge on any atom is -0.313 e. The lowest BCUT2D eigenvalue weighted by Gasteiger charge is -2.39. The molecule has 2 saturated heterocycles. The molecule has 2 fully saturated rings. The minimum absolute atomic E-state index is 0.173. The Morgan fingerprint density at radius 1 is 1.16 bits per heavy atom. The maximum absolute atomic E-state index is 12.2. The first kappa shape index (κ1) is 14.8. The first-order valence-electron chi connectivity index (χ1n) is 7.89. The van der Waals surface area contributed by atoms with Gasteiger partial charge in [0, 0.05) is 24.5 Å². The third kappa shape index (κ3) is 3.93. The van der Waals surface area contributed by atoms with Gasteiger partial charge in [-0.1, -0.05) is 13.3 Å². The van der Waals surface area contributed by atoms with Gasteiger partial charge in [0.1, 0.15) is 0 Å². The van der Waals surface area contributed by atoms with Gasteiger partial charge in [-0.05, 0) is 52.0 Å². The highest BCUT2D eigenvalue weighted by Crippen LogP contribution is 2.21. The summed E-state index contributed by atoms with van der Waals surface area (Å²) in [5, 5.41) is 5.65. The highest BCUT2D eigenvalue weighted by Gasteiger charge is 2.28. The SMILES string of the molecule is CC1CCCNC1CC(=O)NN1C(C)CCCC1C. The van der Waals surface area contributed by atoms with Crippen molar-refractivity contribution in [2.75, 3.05) is 6.54 Å². The van der Waals surface area contributed by atoms with Gasteiger partial charge < -0.3 is 5.32 Å². The lowest BCUT2D eigenvalue weighted by atomic mass is 9.90. The molecule has 2 aliphatic heterocycles. The second-order valence-corrected chi connectivity index (χ2v) is 6.46. The molecule has 2 N–H and O–H groups in total. The summed E-state index contributed by atoms with van der Waals surface area (Å²) < 4.78 is 0. The van der Waals surface area contributed by atoms with Crippen LogP contribution in [0.4, 0.5) is 0 Å². The number of hydrogen-bond acceptors (Lipinski definition) is 3. The van der Waals surface area contributed by atoms with Crippen molar-refractivity contribution in [1.29, 1.82) is 0 Å². The molecule has 0 aromatic heterocycles. The summed E-state index contributed by atoms with van der Waals surface area (Å²) in [5.74, 6) is 0.780. The smallest absolute Gasteiger partial charge is 0.235 e. The van der Waals surface area contributed by atoms with Gasteiger partial charge in [0.25, 0.3) is 0 Å². The summed E-state index contributed by atoms with van der Waals surface area (Å²) in [6, 6.07) is 1.28. The lowest BCUT2D eigenvalue weighted by Crippen LogP contribution is -2.55. The Bertz CT molecular complexity index is 298. The lowest BCUT2D eigenvalue weighted by molar-refractivity contribution is -0.130. The van der Waals surface area contributed by atoms with Gasteiger partial charge in [-0.2, -0.15) is 0 Å². The number of carbonyl (C=O) groups is 1. The van der Waals surface area contributed by atoms with Crippen LogP contribution in [-0.2, 0) is 4.79 Å². The van der Waals surface area contributed by atoms with E-state index in [4.69, 9.17) is 0 Å². The molecule has 110 valence electrons. The predicted octanol–water partition coefficient (Wildman–Crippen LogP) is 2.06. The maximum Gasteiger partial charge on any atom is 0.235 e. The molecule has 0 aromatic carbocycles. The molecule has 0 aromatic rings. The number of rotatable bonds is 3. The van der Waals surface area contributed by atoms with Crippen LogP contribution in [0.2, 0.25) is 0 Å². The van der Waals surface area contributed by atoms with Gasteiger partial charge >= 0.3 is 0 Å². The second kappa shape index (κ2) is 6.71. The molecule has 0 spiro atoms. The summed E-state index contributed by atoms with van der Waals surface area (Å²) in [5.41, 5.74) is 3.14. The highest BCUT2D eigenvalue weighted by atomic mass is 16.2. The van der Waals surface area contributed by atoms with E-state index in [0.29, 0.717) is 30.5 Å². The van der Waals surface area contributed by atoms with E-state index in [0.717, 1.165) is 6.54 Å². The third-order valence-corrected chi connectivity index (χ3v) is 4.78. The van der Waals surface area contributed by atoms with Crippen LogP contribution < -0.4 is 10.7 Å². The zero-order chi connectivity index (χ0) is 13.8. The number of carbonyl (C=O) groups excluding carboxylic acids is 1. The standard InChI is InChI=1S/C15H29N3O/c1-11-6-5-9-16-14(11)10-15(19)17-18-12(2)7-4-8-13(18)3/h11-14,16H,4-10H2,1-3H3,(H,17,19). The second-order valence-electron chi connectivity index (χ2n) is 6.46. The van der Waals surface area contributed by atoms with Crippen LogP contribution in [-0.4, -0.2) is 35.6 Å². The van der Waals surface area contributed by atoms with E-state index in [1.807, 2.05) is 0 Å². The monoisotopic (exact) mass is 267 g/mol. The van der Waals surface area contributed by atoms with E-state index in [2.05, 4.69) is 36.5 Å². The van der Waals surface area contributed by atoms with Crippen LogP contribution >= 0.6 is 0 Å². The van der Waals surface area contributed by atoms with Crippen molar-refractivity contribution in [3.05, 3.63) is 0 Å². The first-order chi connectivity index (χ1) is 9.08. The average molecular weight is 267 g/mol. The molecule has 4 heteroatoms. The van der Waals surface area contributed by atoms with Crippen molar-refractivity contribution in [2.45, 2.75) is 77.4 Å². The average Bonchev–Trinajstić information content (AvgIpc) is 2.37. The van der Waals surface area contributed by atoms with E-state index < -0.39 is 0 Å². The zero-order valence-corrected chi connectivity index (χ0v) is 12.6. The Hall–Kier alpha value is -0.610. The van der Waals surface area contributed by atoms with Crippen LogP contribution in [0.3, 0.4) is 0 Å². The predicted molar refractivity (Wildman–Crippen MR) is 77.6 cm³/mol. The van der Waals surface area contributed by atoms with Gasteiger partial charge in [-0.3, -0.25) is 10.2 Å². The van der Waals surface area contributed by atoms with Gasteiger partial charge in [0.15, 0.2) is 0 Å². The number of nitrogens with one attached hydrogen (secondary N) is 2. The van der Waals surface area contributed by atoms with Gasteiger partial charge in [-0.15, -0.1) is 0 Å². The molecule has 0 aliphatic carbocycles. The molecule has 4 nitrogen and oxygen atoms in total. The van der Waals surface area contributed by atoms with E-state index >= 15 is 0 Å². The van der Waals surface area contributed by atoms with E-state index in [9.17, 15) is 4.79 Å². The van der Waals surface area contributed by atoms with Crippen LogP contribution in [0.15, 0.2) is 0 Å². The Morgan fingerprint density at radius 2 is 1.84 bits per heavy atom. The molecule has 0 bridgehead atoms. The van der Waals surface area contributed by atoms with Crippen LogP contribution in [0.25, 0.3) is 0 Å². The Morgan fingerprint density at radius 3 is 2.47 bits per heavy atom. The molecule has 19 heavy (non-hydrogen) atoms. The Balaban J connectivity index is 1.82. The van der Waals surface area contributed by atoms with Crippen LogP contribution in [0, 0.1) is 5.92 Å². The van der Waals surface area contributed by atoms with E-state index in [-0.39, 0.29) is 5.91 Å². The molecule has 0 saturated carbocycles. The number of amides is 1. The Labute approximate surface area is 117 Å². The van der Waals surface area contributed by atoms with Crippen molar-refractivity contribution >= 4 is 5.91 Å². The van der Waals surface area contributed by atoms with Gasteiger partial charge in [0.05, 0.1) is 0 Å². The molecular formula is C15H29N3O. The number of hydrogen-bond donors (Lipinski definition) is 2. The van der Waals surface area contributed by atoms with E-state index in [1.165, 1.54) is 32.1 Å². The zero-order valence-electron chi connectivity index (χ0n) is 12.6. The normalized spacial score (nSPS) is 37.0. The Kier molecular flexibility index (Phi) is 5.22. The maximum atomic E-state index is 12.2. The summed E-state index contributed by atoms with van der Waals surface area (Å²) >= 11 is 0. The molecule has 4 unspecified atom stereocenters. The fraction of sp³-hybridized carbons (Fsp3) is 0.933. The third-order valence-electron chi connectivity index (χ3n) is 4.78. The summed E-state index contributed by atoms with van der Waals surface area (Å²) in [4.78, 5) is 12.2. The van der Waals surface area contributed by atoms with Crippen LogP contribution in [0.1, 0.15) is 59.3 Å². The molecule has 4 atom stereocenters. The van der Waals surface area contributed by atoms with Crippen molar-refractivity contribution < 1.29 is 4.79 Å². The largest absolute Gasteiger partial charge is 0.313 e. The molecule has 2 rings (SSSR count). The first-order valence-corrected chi connectivity index (χ1v) is 7.89. The van der Waals surface area contributed by atoms with Crippen molar-refractivity contribution in [2.24, 2.45) is 5.92 Å². The molecule has 2 heterocycles.